The summed E-state index contributed by atoms with van der Waals surface area (Å²) < 4.78 is 0.929. The van der Waals surface area contributed by atoms with Crippen molar-refractivity contribution in [2.24, 2.45) is 0 Å². The number of hydrogen-bond acceptors (Lipinski definition) is 5. The highest BCUT2D eigenvalue weighted by Gasteiger charge is 2.37. The lowest BCUT2D eigenvalue weighted by molar-refractivity contribution is 0.318. The molecule has 5 nitrogen and oxygen atoms in total. The van der Waals surface area contributed by atoms with E-state index < -0.39 is 0 Å². The van der Waals surface area contributed by atoms with Crippen molar-refractivity contribution in [3.05, 3.63) is 10.7 Å². The Hall–Kier alpha value is -0.880. The second kappa shape index (κ2) is 5.01. The van der Waals surface area contributed by atoms with Gasteiger partial charge in [-0.3, -0.25) is 4.90 Å². The molecule has 2 unspecified atom stereocenters. The van der Waals surface area contributed by atoms with Crippen molar-refractivity contribution in [3.63, 3.8) is 0 Å². The van der Waals surface area contributed by atoms with Crippen LogP contribution >= 0.6 is 15.9 Å². The first-order valence-electron chi connectivity index (χ1n) is 6.49. The molecule has 0 saturated carbocycles. The molecule has 3 heterocycles. The van der Waals surface area contributed by atoms with Crippen molar-refractivity contribution < 1.29 is 0 Å². The van der Waals surface area contributed by atoms with Gasteiger partial charge < -0.3 is 10.6 Å². The third-order valence-corrected chi connectivity index (χ3v) is 4.48. The zero-order chi connectivity index (χ0) is 12.5. The maximum Gasteiger partial charge on any atom is 0.224 e. The van der Waals surface area contributed by atoms with Crippen LogP contribution in [0.3, 0.4) is 0 Å². The van der Waals surface area contributed by atoms with Gasteiger partial charge in [-0.15, -0.1) is 0 Å². The normalized spacial score (nSPS) is 27.2. The highest BCUT2D eigenvalue weighted by atomic mass is 79.9. The Morgan fingerprint density at radius 1 is 1.39 bits per heavy atom. The van der Waals surface area contributed by atoms with Gasteiger partial charge in [0.2, 0.25) is 5.95 Å². The predicted octanol–water partition coefficient (Wildman–Crippen LogP) is 1.93. The minimum atomic E-state index is 0.517. The first-order valence-corrected chi connectivity index (χ1v) is 7.28. The van der Waals surface area contributed by atoms with E-state index in [0.717, 1.165) is 10.3 Å². The minimum absolute atomic E-state index is 0.517. The average molecular weight is 312 g/mol. The van der Waals surface area contributed by atoms with Gasteiger partial charge in [-0.25, -0.2) is 4.98 Å². The molecule has 2 aliphatic rings. The number of fused-ring (bicyclic) bond motifs is 1. The van der Waals surface area contributed by atoms with E-state index >= 15 is 0 Å². The largest absolute Gasteiger partial charge is 0.365 e. The van der Waals surface area contributed by atoms with Crippen LogP contribution in [0.25, 0.3) is 0 Å². The molecule has 98 valence electrons. The Labute approximate surface area is 116 Å². The van der Waals surface area contributed by atoms with Crippen LogP contribution < -0.4 is 10.6 Å². The van der Waals surface area contributed by atoms with E-state index in [4.69, 9.17) is 0 Å². The molecule has 2 fully saturated rings. The van der Waals surface area contributed by atoms with Gasteiger partial charge in [0.25, 0.3) is 0 Å². The van der Waals surface area contributed by atoms with Gasteiger partial charge in [0.15, 0.2) is 0 Å². The lowest BCUT2D eigenvalue weighted by Gasteiger charge is -2.22. The SMILES string of the molecule is CNc1ncc(Br)c(NC2CCN3CCCC23)n1. The molecule has 0 aliphatic carbocycles. The molecular formula is C12H18BrN5. The number of nitrogens with zero attached hydrogens (tertiary/aromatic N) is 3. The van der Waals surface area contributed by atoms with Gasteiger partial charge in [0.05, 0.1) is 4.47 Å². The molecule has 0 amide bonds. The Morgan fingerprint density at radius 2 is 2.28 bits per heavy atom. The van der Waals surface area contributed by atoms with E-state index in [1.807, 2.05) is 7.05 Å². The second-order valence-electron chi connectivity index (χ2n) is 4.93. The summed E-state index contributed by atoms with van der Waals surface area (Å²) in [6.07, 6.45) is 5.63. The van der Waals surface area contributed by atoms with E-state index in [0.29, 0.717) is 18.0 Å². The summed E-state index contributed by atoms with van der Waals surface area (Å²) in [4.78, 5) is 11.2. The predicted molar refractivity (Wildman–Crippen MR) is 75.9 cm³/mol. The number of rotatable bonds is 3. The summed E-state index contributed by atoms with van der Waals surface area (Å²) in [6, 6.07) is 1.20. The van der Waals surface area contributed by atoms with Crippen LogP contribution in [-0.4, -0.2) is 47.1 Å². The molecule has 1 aromatic rings. The van der Waals surface area contributed by atoms with E-state index in [1.165, 1.54) is 32.4 Å². The van der Waals surface area contributed by atoms with Gasteiger partial charge in [-0.05, 0) is 41.7 Å². The fourth-order valence-corrected chi connectivity index (χ4v) is 3.32. The number of hydrogen-bond donors (Lipinski definition) is 2. The molecule has 18 heavy (non-hydrogen) atoms. The maximum absolute atomic E-state index is 4.47. The lowest BCUT2D eigenvalue weighted by atomic mass is 10.1. The summed E-state index contributed by atoms with van der Waals surface area (Å²) in [5, 5.41) is 6.55. The van der Waals surface area contributed by atoms with E-state index in [2.05, 4.69) is 41.4 Å². The molecule has 0 spiro atoms. The Kier molecular flexibility index (Phi) is 3.39. The van der Waals surface area contributed by atoms with Gasteiger partial charge >= 0.3 is 0 Å². The van der Waals surface area contributed by atoms with Gasteiger partial charge in [0.1, 0.15) is 5.82 Å². The number of aromatic nitrogens is 2. The third kappa shape index (κ3) is 2.19. The Bertz CT molecular complexity index is 438. The summed E-state index contributed by atoms with van der Waals surface area (Å²) >= 11 is 3.51. The highest BCUT2D eigenvalue weighted by Crippen LogP contribution is 2.31. The zero-order valence-corrected chi connectivity index (χ0v) is 12.1. The van der Waals surface area contributed by atoms with Gasteiger partial charge in [-0.2, -0.15) is 4.98 Å². The van der Waals surface area contributed by atoms with Crippen molar-refractivity contribution >= 4 is 27.7 Å². The van der Waals surface area contributed by atoms with Crippen LogP contribution in [0.2, 0.25) is 0 Å². The number of anilines is 2. The first-order chi connectivity index (χ1) is 8.78. The van der Waals surface area contributed by atoms with Crippen LogP contribution in [0, 0.1) is 0 Å². The first kappa shape index (κ1) is 12.2. The second-order valence-corrected chi connectivity index (χ2v) is 5.78. The molecule has 0 bridgehead atoms. The minimum Gasteiger partial charge on any atom is -0.365 e. The number of halogens is 1. The molecule has 2 aliphatic heterocycles. The van der Waals surface area contributed by atoms with Crippen molar-refractivity contribution in [2.75, 3.05) is 30.8 Å². The molecule has 2 N–H and O–H groups in total. The van der Waals surface area contributed by atoms with Crippen LogP contribution in [0.1, 0.15) is 19.3 Å². The zero-order valence-electron chi connectivity index (χ0n) is 10.5. The van der Waals surface area contributed by atoms with Gasteiger partial charge in [0, 0.05) is 31.9 Å². The van der Waals surface area contributed by atoms with E-state index in [9.17, 15) is 0 Å². The summed E-state index contributed by atoms with van der Waals surface area (Å²) in [7, 11) is 1.83. The fraction of sp³-hybridized carbons (Fsp3) is 0.667. The van der Waals surface area contributed by atoms with Crippen LogP contribution in [0.4, 0.5) is 11.8 Å². The quantitative estimate of drug-likeness (QED) is 0.893. The standard InChI is InChI=1S/C12H18BrN5/c1-14-12-15-7-8(13)11(17-12)16-9-4-6-18-5-2-3-10(9)18/h7,9-10H,2-6H2,1H3,(H2,14,15,16,17). The van der Waals surface area contributed by atoms with E-state index in [1.54, 1.807) is 6.20 Å². The van der Waals surface area contributed by atoms with Gasteiger partial charge in [-0.1, -0.05) is 0 Å². The summed E-state index contributed by atoms with van der Waals surface area (Å²) in [6.45, 7) is 2.47. The van der Waals surface area contributed by atoms with Crippen LogP contribution in [0.5, 0.6) is 0 Å². The van der Waals surface area contributed by atoms with E-state index in [-0.39, 0.29) is 0 Å². The molecule has 1 aromatic heterocycles. The summed E-state index contributed by atoms with van der Waals surface area (Å²) in [5.41, 5.74) is 0. The topological polar surface area (TPSA) is 53.1 Å². The molecular weight excluding hydrogens is 294 g/mol. The monoisotopic (exact) mass is 311 g/mol. The molecule has 0 radical (unpaired) electrons. The van der Waals surface area contributed by atoms with Crippen molar-refractivity contribution in [2.45, 2.75) is 31.3 Å². The maximum atomic E-state index is 4.47. The van der Waals surface area contributed by atoms with Crippen molar-refractivity contribution in [1.29, 1.82) is 0 Å². The molecule has 3 rings (SSSR count). The molecule has 0 aromatic carbocycles. The number of nitrogens with one attached hydrogen (secondary N) is 2. The lowest BCUT2D eigenvalue weighted by Crippen LogP contribution is -2.34. The van der Waals surface area contributed by atoms with Crippen LogP contribution in [0.15, 0.2) is 10.7 Å². The molecule has 2 atom stereocenters. The fourth-order valence-electron chi connectivity index (χ4n) is 3.02. The molecule has 2 saturated heterocycles. The average Bonchev–Trinajstić information content (AvgIpc) is 2.96. The molecule has 6 heteroatoms. The summed E-state index contributed by atoms with van der Waals surface area (Å²) in [5.74, 6) is 1.55. The Balaban J connectivity index is 1.76. The highest BCUT2D eigenvalue weighted by molar-refractivity contribution is 9.10. The third-order valence-electron chi connectivity index (χ3n) is 3.90. The smallest absolute Gasteiger partial charge is 0.224 e. The Morgan fingerprint density at radius 3 is 3.11 bits per heavy atom. The van der Waals surface area contributed by atoms with Crippen molar-refractivity contribution in [1.82, 2.24) is 14.9 Å². The van der Waals surface area contributed by atoms with Crippen molar-refractivity contribution in [3.8, 4) is 0 Å². The van der Waals surface area contributed by atoms with Crippen LogP contribution in [-0.2, 0) is 0 Å².